The summed E-state index contributed by atoms with van der Waals surface area (Å²) in [4.78, 5) is 26.1. The van der Waals surface area contributed by atoms with Crippen molar-refractivity contribution in [2.45, 2.75) is 284 Å². The Morgan fingerprint density at radius 3 is 0.825 bits per heavy atom. The standard InChI is InChI=1S/C50H99N3O4/c1-9-11-13-15-17-19-21-23-25-27-29-31-33-35-37-39-41-53(42-40-38-36-34-32-30-28-26-24-22-20-18-16-14-12-10-2)43-45(51-47(54)56-49(3,4)5)46(44-53)52-48(55)57-50(6,7)8/h45-46H,9-44H2,1-8H3,(H-,51,52,54,55)/p+1/t45-,46-/m0/s1. The summed E-state index contributed by atoms with van der Waals surface area (Å²) in [6, 6.07) is -0.399. The molecule has 1 aliphatic heterocycles. The highest BCUT2D eigenvalue weighted by atomic mass is 16.6. The molecule has 1 saturated heterocycles. The van der Waals surface area contributed by atoms with Crippen LogP contribution in [0, 0.1) is 0 Å². The first-order chi connectivity index (χ1) is 27.3. The molecule has 0 bridgehead atoms. The molecule has 7 nitrogen and oxygen atoms in total. The number of ether oxygens (including phenoxy) is 2. The van der Waals surface area contributed by atoms with Gasteiger partial charge < -0.3 is 24.6 Å². The van der Waals surface area contributed by atoms with Gasteiger partial charge in [-0.1, -0.05) is 194 Å². The zero-order chi connectivity index (χ0) is 42.1. The van der Waals surface area contributed by atoms with Crippen molar-refractivity contribution >= 4 is 12.2 Å². The van der Waals surface area contributed by atoms with E-state index in [-0.39, 0.29) is 12.1 Å². The Bertz CT molecular complexity index is 882. The third-order valence-electron chi connectivity index (χ3n) is 12.0. The zero-order valence-electron chi connectivity index (χ0n) is 39.7. The van der Waals surface area contributed by atoms with E-state index in [1.807, 2.05) is 41.5 Å². The number of rotatable bonds is 36. The Morgan fingerprint density at radius 2 is 0.614 bits per heavy atom. The highest BCUT2D eigenvalue weighted by molar-refractivity contribution is 5.70. The Kier molecular flexibility index (Phi) is 31.2. The van der Waals surface area contributed by atoms with Gasteiger partial charge in [0.15, 0.2) is 0 Å². The number of carbonyl (C=O) groups is 2. The van der Waals surface area contributed by atoms with Crippen LogP contribution in [0.25, 0.3) is 0 Å². The van der Waals surface area contributed by atoms with Crippen LogP contribution in [-0.2, 0) is 9.47 Å². The second-order valence-corrected chi connectivity index (χ2v) is 20.3. The molecule has 57 heavy (non-hydrogen) atoms. The molecule has 2 N–H and O–H groups in total. The monoisotopic (exact) mass is 807 g/mol. The number of alkyl carbamates (subject to hydrolysis) is 2. The fourth-order valence-corrected chi connectivity index (χ4v) is 8.84. The predicted octanol–water partition coefficient (Wildman–Crippen LogP) is 15.1. The van der Waals surface area contributed by atoms with E-state index in [0.29, 0.717) is 0 Å². The summed E-state index contributed by atoms with van der Waals surface area (Å²) in [7, 11) is 0. The lowest BCUT2D eigenvalue weighted by atomic mass is 10.0. The topological polar surface area (TPSA) is 76.7 Å². The molecule has 0 radical (unpaired) electrons. The smallest absolute Gasteiger partial charge is 0.408 e. The number of nitrogens with zero attached hydrogens (tertiary/aromatic N) is 1. The number of likely N-dealkylation sites (tertiary alicyclic amines) is 1. The third kappa shape index (κ3) is 32.0. The number of quaternary nitrogens is 1. The number of unbranched alkanes of at least 4 members (excludes halogenated alkanes) is 30. The van der Waals surface area contributed by atoms with Crippen molar-refractivity contribution in [3.05, 3.63) is 0 Å². The highest BCUT2D eigenvalue weighted by Crippen LogP contribution is 2.26. The van der Waals surface area contributed by atoms with E-state index in [0.717, 1.165) is 30.7 Å². The van der Waals surface area contributed by atoms with Crippen molar-refractivity contribution < 1.29 is 23.5 Å². The molecule has 1 rings (SSSR count). The molecule has 2 amide bonds. The number of hydrogen-bond donors (Lipinski definition) is 2. The largest absolute Gasteiger partial charge is 0.444 e. The van der Waals surface area contributed by atoms with E-state index in [2.05, 4.69) is 24.5 Å². The van der Waals surface area contributed by atoms with Crippen molar-refractivity contribution in [1.82, 2.24) is 10.6 Å². The lowest BCUT2D eigenvalue weighted by molar-refractivity contribution is -0.918. The molecule has 1 aliphatic rings. The minimum Gasteiger partial charge on any atom is -0.444 e. The first-order valence-corrected chi connectivity index (χ1v) is 25.1. The van der Waals surface area contributed by atoms with Crippen molar-refractivity contribution in [3.8, 4) is 0 Å². The van der Waals surface area contributed by atoms with Gasteiger partial charge in [0.25, 0.3) is 0 Å². The van der Waals surface area contributed by atoms with Gasteiger partial charge in [0.1, 0.15) is 36.4 Å². The minimum atomic E-state index is -0.580. The summed E-state index contributed by atoms with van der Waals surface area (Å²) in [6.07, 6.45) is 43.0. The van der Waals surface area contributed by atoms with Crippen molar-refractivity contribution in [3.63, 3.8) is 0 Å². The maximum atomic E-state index is 13.0. The number of hydrogen-bond acceptors (Lipinski definition) is 4. The summed E-state index contributed by atoms with van der Waals surface area (Å²) in [5, 5.41) is 6.35. The first-order valence-electron chi connectivity index (χ1n) is 25.1. The van der Waals surface area contributed by atoms with E-state index >= 15 is 0 Å². The van der Waals surface area contributed by atoms with Gasteiger partial charge in [0.05, 0.1) is 13.1 Å². The number of amides is 2. The first kappa shape index (κ1) is 53.5. The fourth-order valence-electron chi connectivity index (χ4n) is 8.84. The molecule has 0 aromatic heterocycles. The van der Waals surface area contributed by atoms with Gasteiger partial charge >= 0.3 is 12.2 Å². The second kappa shape index (κ2) is 33.2. The van der Waals surface area contributed by atoms with Crippen molar-refractivity contribution in [2.24, 2.45) is 0 Å². The average Bonchev–Trinajstić information content (AvgIpc) is 3.45. The highest BCUT2D eigenvalue weighted by Gasteiger charge is 2.47. The Hall–Kier alpha value is -1.50. The molecular weight excluding hydrogens is 707 g/mol. The fraction of sp³-hybridized carbons (Fsp3) is 0.960. The summed E-state index contributed by atoms with van der Waals surface area (Å²) in [6.45, 7) is 19.8. The van der Waals surface area contributed by atoms with E-state index < -0.39 is 23.4 Å². The van der Waals surface area contributed by atoms with Gasteiger partial charge in [-0.15, -0.1) is 0 Å². The van der Waals surface area contributed by atoms with E-state index in [1.165, 1.54) is 205 Å². The van der Waals surface area contributed by atoms with Crippen molar-refractivity contribution in [1.29, 1.82) is 0 Å². The van der Waals surface area contributed by atoms with Gasteiger partial charge in [-0.05, 0) is 67.2 Å². The van der Waals surface area contributed by atoms with Crippen LogP contribution in [-0.4, -0.2) is 66.1 Å². The predicted molar refractivity (Wildman–Crippen MR) is 245 cm³/mol. The van der Waals surface area contributed by atoms with Crippen LogP contribution in [0.3, 0.4) is 0 Å². The van der Waals surface area contributed by atoms with Crippen LogP contribution >= 0.6 is 0 Å². The molecule has 1 fully saturated rings. The molecule has 0 spiro atoms. The van der Waals surface area contributed by atoms with Gasteiger partial charge in [0.2, 0.25) is 0 Å². The molecule has 0 unspecified atom stereocenters. The molecule has 1 heterocycles. The van der Waals surface area contributed by atoms with Crippen LogP contribution < -0.4 is 10.6 Å². The van der Waals surface area contributed by atoms with Gasteiger partial charge in [-0.25, -0.2) is 9.59 Å². The molecule has 0 aromatic rings. The lowest BCUT2D eigenvalue weighted by Gasteiger charge is -2.35. The Balaban J connectivity index is 2.59. The molecule has 0 saturated carbocycles. The maximum Gasteiger partial charge on any atom is 0.408 e. The zero-order valence-corrected chi connectivity index (χ0v) is 39.7. The van der Waals surface area contributed by atoms with Gasteiger partial charge in [-0.3, -0.25) is 0 Å². The van der Waals surface area contributed by atoms with Crippen LogP contribution in [0.5, 0.6) is 0 Å². The molecule has 0 aromatic carbocycles. The minimum absolute atomic E-state index is 0.200. The van der Waals surface area contributed by atoms with Crippen LogP contribution in [0.2, 0.25) is 0 Å². The summed E-state index contributed by atoms with van der Waals surface area (Å²) in [5.74, 6) is 0. The Morgan fingerprint density at radius 1 is 0.404 bits per heavy atom. The van der Waals surface area contributed by atoms with Gasteiger partial charge in [-0.2, -0.15) is 0 Å². The SMILES string of the molecule is CCCCCCCCCCCCCCCCCC[N+]1(CCCCCCCCCCCCCCCCCC)C[C@H](NC(=O)OC(C)(C)C)[C@@H](NC(=O)OC(C)(C)C)C1. The van der Waals surface area contributed by atoms with E-state index in [4.69, 9.17) is 9.47 Å². The normalized spacial score (nSPS) is 16.8. The molecule has 2 atom stereocenters. The Labute approximate surface area is 355 Å². The van der Waals surface area contributed by atoms with E-state index in [9.17, 15) is 9.59 Å². The average molecular weight is 807 g/mol. The molecule has 338 valence electrons. The lowest BCUT2D eigenvalue weighted by Crippen LogP contribution is -2.52. The van der Waals surface area contributed by atoms with Crippen LogP contribution in [0.15, 0.2) is 0 Å². The summed E-state index contributed by atoms with van der Waals surface area (Å²) >= 11 is 0. The summed E-state index contributed by atoms with van der Waals surface area (Å²) in [5.41, 5.74) is -1.16. The number of nitrogens with one attached hydrogen (secondary N) is 2. The second-order valence-electron chi connectivity index (χ2n) is 20.3. The van der Waals surface area contributed by atoms with Crippen LogP contribution in [0.1, 0.15) is 261 Å². The third-order valence-corrected chi connectivity index (χ3v) is 12.0. The number of carbonyl (C=O) groups excluding carboxylic acids is 2. The quantitative estimate of drug-likeness (QED) is 0.0488. The molecule has 7 heteroatoms. The van der Waals surface area contributed by atoms with Crippen LogP contribution in [0.4, 0.5) is 9.59 Å². The molecular formula is C50H100N3O4+. The summed E-state index contributed by atoms with van der Waals surface area (Å²) < 4.78 is 12.3. The van der Waals surface area contributed by atoms with Crippen molar-refractivity contribution in [2.75, 3.05) is 26.2 Å². The maximum absolute atomic E-state index is 13.0. The van der Waals surface area contributed by atoms with Gasteiger partial charge in [0, 0.05) is 0 Å². The molecule has 0 aliphatic carbocycles. The van der Waals surface area contributed by atoms with E-state index in [1.54, 1.807) is 0 Å².